The number of hydrogen-bond donors (Lipinski definition) is 2. The van der Waals surface area contributed by atoms with Gasteiger partial charge >= 0.3 is 0 Å². The van der Waals surface area contributed by atoms with Crippen molar-refractivity contribution in [2.24, 2.45) is 0 Å². The van der Waals surface area contributed by atoms with Crippen LogP contribution in [0.25, 0.3) is 0 Å². The van der Waals surface area contributed by atoms with Crippen molar-refractivity contribution in [2.45, 2.75) is 33.3 Å². The van der Waals surface area contributed by atoms with E-state index in [2.05, 4.69) is 39.0 Å². The molecule has 0 aliphatic heterocycles. The molecule has 2 N–H and O–H groups in total. The molecule has 0 bridgehead atoms. The van der Waals surface area contributed by atoms with Crippen LogP contribution in [0.1, 0.15) is 27.2 Å². The Morgan fingerprint density at radius 3 is 2.25 bits per heavy atom. The lowest BCUT2D eigenvalue weighted by molar-refractivity contribution is 0.186. The number of aromatic nitrogens is 3. The average Bonchev–Trinajstić information content (AvgIpc) is 2.45. The molecule has 1 unspecified atom stereocenters. The van der Waals surface area contributed by atoms with Crippen LogP contribution in [0.4, 0.5) is 17.8 Å². The third-order valence-corrected chi connectivity index (χ3v) is 3.11. The highest BCUT2D eigenvalue weighted by molar-refractivity contribution is 5.44. The van der Waals surface area contributed by atoms with Crippen molar-refractivity contribution in [1.29, 1.82) is 0 Å². The number of hydrogen-bond acceptors (Lipinski definition) is 7. The van der Waals surface area contributed by atoms with Gasteiger partial charge in [0.2, 0.25) is 17.8 Å². The summed E-state index contributed by atoms with van der Waals surface area (Å²) in [5, 5.41) is 12.3. The van der Waals surface area contributed by atoms with Gasteiger partial charge in [-0.15, -0.1) is 0 Å². The molecule has 0 aromatic carbocycles. The Bertz CT molecular complexity index is 408. The van der Waals surface area contributed by atoms with Gasteiger partial charge in [-0.1, -0.05) is 0 Å². The topological polar surface area (TPSA) is 77.4 Å². The minimum Gasteiger partial charge on any atom is -0.393 e. The van der Waals surface area contributed by atoms with Crippen molar-refractivity contribution >= 4 is 17.8 Å². The Morgan fingerprint density at radius 1 is 1.15 bits per heavy atom. The van der Waals surface area contributed by atoms with Gasteiger partial charge in [-0.25, -0.2) is 0 Å². The maximum atomic E-state index is 9.37. The fraction of sp³-hybridized carbons (Fsp3) is 0.769. The van der Waals surface area contributed by atoms with Crippen LogP contribution < -0.4 is 15.1 Å². The van der Waals surface area contributed by atoms with Crippen molar-refractivity contribution in [3.8, 4) is 0 Å². The zero-order valence-electron chi connectivity index (χ0n) is 13.1. The molecule has 7 heteroatoms. The lowest BCUT2D eigenvalue weighted by atomic mass is 10.3. The van der Waals surface area contributed by atoms with Crippen molar-refractivity contribution in [1.82, 2.24) is 15.0 Å². The monoisotopic (exact) mass is 282 g/mol. The van der Waals surface area contributed by atoms with Crippen LogP contribution >= 0.6 is 0 Å². The van der Waals surface area contributed by atoms with E-state index in [1.807, 2.05) is 11.9 Å². The zero-order valence-corrected chi connectivity index (χ0v) is 13.1. The SMILES string of the molecule is CCN(CC)c1nc(NC)nc(N(C)CCC(C)O)n1. The van der Waals surface area contributed by atoms with Gasteiger partial charge in [-0.2, -0.15) is 15.0 Å². The van der Waals surface area contributed by atoms with E-state index in [9.17, 15) is 5.11 Å². The van der Waals surface area contributed by atoms with Crippen molar-refractivity contribution < 1.29 is 5.11 Å². The maximum Gasteiger partial charge on any atom is 0.231 e. The Balaban J connectivity index is 2.97. The van der Waals surface area contributed by atoms with Crippen LogP contribution in [0.3, 0.4) is 0 Å². The molecular formula is C13H26N6O. The minimum atomic E-state index is -0.328. The number of nitrogens with one attached hydrogen (secondary N) is 1. The molecule has 114 valence electrons. The molecule has 0 amide bonds. The third-order valence-electron chi connectivity index (χ3n) is 3.11. The van der Waals surface area contributed by atoms with Gasteiger partial charge in [0.25, 0.3) is 0 Å². The van der Waals surface area contributed by atoms with Gasteiger partial charge in [0, 0.05) is 33.7 Å². The molecule has 1 rings (SSSR count). The summed E-state index contributed by atoms with van der Waals surface area (Å²) in [6.45, 7) is 8.32. The second-order valence-electron chi connectivity index (χ2n) is 4.74. The van der Waals surface area contributed by atoms with Gasteiger partial charge in [0.15, 0.2) is 0 Å². The first kappa shape index (κ1) is 16.4. The van der Waals surface area contributed by atoms with Crippen LogP contribution in [-0.4, -0.2) is 59.9 Å². The van der Waals surface area contributed by atoms with E-state index in [-0.39, 0.29) is 6.10 Å². The number of aliphatic hydroxyl groups is 1. The summed E-state index contributed by atoms with van der Waals surface area (Å²) >= 11 is 0. The van der Waals surface area contributed by atoms with Crippen molar-refractivity contribution in [2.75, 3.05) is 48.8 Å². The van der Waals surface area contributed by atoms with Gasteiger partial charge < -0.3 is 20.2 Å². The first-order valence-electron chi connectivity index (χ1n) is 7.09. The summed E-state index contributed by atoms with van der Waals surface area (Å²) in [6, 6.07) is 0. The lowest BCUT2D eigenvalue weighted by Gasteiger charge is -2.22. The Hall–Kier alpha value is -1.63. The highest BCUT2D eigenvalue weighted by atomic mass is 16.3. The van der Waals surface area contributed by atoms with E-state index in [0.29, 0.717) is 30.8 Å². The van der Waals surface area contributed by atoms with Gasteiger partial charge in [0.05, 0.1) is 6.10 Å². The highest BCUT2D eigenvalue weighted by Gasteiger charge is 2.13. The first-order valence-corrected chi connectivity index (χ1v) is 7.09. The molecule has 1 atom stereocenters. The fourth-order valence-electron chi connectivity index (χ4n) is 1.76. The number of anilines is 3. The highest BCUT2D eigenvalue weighted by Crippen LogP contribution is 2.15. The molecular weight excluding hydrogens is 256 g/mol. The molecule has 0 saturated carbocycles. The molecule has 20 heavy (non-hydrogen) atoms. The van der Waals surface area contributed by atoms with E-state index in [1.165, 1.54) is 0 Å². The first-order chi connectivity index (χ1) is 9.51. The Labute approximate surface area is 121 Å². The standard InChI is InChI=1S/C13H26N6O/c1-6-19(7-2)13-16-11(14-4)15-12(17-13)18(5)9-8-10(3)20/h10,20H,6-9H2,1-5H3,(H,14,15,16,17). The smallest absolute Gasteiger partial charge is 0.231 e. The lowest BCUT2D eigenvalue weighted by Crippen LogP contribution is -2.28. The molecule has 0 aliphatic carbocycles. The largest absolute Gasteiger partial charge is 0.393 e. The molecule has 1 aromatic heterocycles. The van der Waals surface area contributed by atoms with Gasteiger partial charge in [0.1, 0.15) is 0 Å². The Morgan fingerprint density at radius 2 is 1.75 bits per heavy atom. The summed E-state index contributed by atoms with van der Waals surface area (Å²) in [6.07, 6.45) is 0.350. The van der Waals surface area contributed by atoms with Crippen molar-refractivity contribution in [3.63, 3.8) is 0 Å². The predicted octanol–water partition coefficient (Wildman–Crippen LogP) is 0.967. The van der Waals surface area contributed by atoms with E-state index < -0.39 is 0 Å². The molecule has 7 nitrogen and oxygen atoms in total. The molecule has 0 aliphatic rings. The van der Waals surface area contributed by atoms with E-state index >= 15 is 0 Å². The van der Waals surface area contributed by atoms with Crippen LogP contribution in [0, 0.1) is 0 Å². The van der Waals surface area contributed by atoms with Crippen LogP contribution in [0.5, 0.6) is 0 Å². The number of aliphatic hydroxyl groups excluding tert-OH is 1. The number of rotatable bonds is 8. The molecule has 0 radical (unpaired) electrons. The summed E-state index contributed by atoms with van der Waals surface area (Å²) in [4.78, 5) is 17.3. The molecule has 0 fully saturated rings. The summed E-state index contributed by atoms with van der Waals surface area (Å²) in [5.74, 6) is 1.85. The molecule has 1 heterocycles. The molecule has 1 aromatic rings. The van der Waals surface area contributed by atoms with Crippen molar-refractivity contribution in [3.05, 3.63) is 0 Å². The predicted molar refractivity (Wildman–Crippen MR) is 82.5 cm³/mol. The molecule has 0 spiro atoms. The van der Waals surface area contributed by atoms with Crippen LogP contribution in [-0.2, 0) is 0 Å². The van der Waals surface area contributed by atoms with Crippen LogP contribution in [0.15, 0.2) is 0 Å². The molecule has 0 saturated heterocycles. The second-order valence-corrected chi connectivity index (χ2v) is 4.74. The average molecular weight is 282 g/mol. The third kappa shape index (κ3) is 4.48. The minimum absolute atomic E-state index is 0.328. The normalized spacial score (nSPS) is 12.1. The Kier molecular flexibility index (Phi) is 6.44. The van der Waals surface area contributed by atoms with E-state index in [0.717, 1.165) is 13.1 Å². The quantitative estimate of drug-likeness (QED) is 0.735. The second kappa shape index (κ2) is 7.84. The maximum absolute atomic E-state index is 9.37. The van der Waals surface area contributed by atoms with E-state index in [4.69, 9.17) is 0 Å². The fourth-order valence-corrected chi connectivity index (χ4v) is 1.76. The van der Waals surface area contributed by atoms with Gasteiger partial charge in [-0.05, 0) is 27.2 Å². The summed E-state index contributed by atoms with van der Waals surface area (Å²) in [7, 11) is 3.71. The van der Waals surface area contributed by atoms with Crippen LogP contribution in [0.2, 0.25) is 0 Å². The summed E-state index contributed by atoms with van der Waals surface area (Å²) in [5.41, 5.74) is 0. The van der Waals surface area contributed by atoms with E-state index in [1.54, 1.807) is 14.0 Å². The summed E-state index contributed by atoms with van der Waals surface area (Å²) < 4.78 is 0. The van der Waals surface area contributed by atoms with Gasteiger partial charge in [-0.3, -0.25) is 0 Å². The zero-order chi connectivity index (χ0) is 15.1. The number of nitrogens with zero attached hydrogens (tertiary/aromatic N) is 5.